The molecule has 0 saturated carbocycles. The fraction of sp³-hybridized carbons (Fsp3) is 0.231. The Bertz CT molecular complexity index is 658. The first-order valence-electron chi connectivity index (χ1n) is 5.97. The molecule has 8 heteroatoms. The zero-order valence-corrected chi connectivity index (χ0v) is 12.8. The van der Waals surface area contributed by atoms with Crippen LogP contribution in [0.1, 0.15) is 11.3 Å². The monoisotopic (exact) mass is 360 g/mol. The van der Waals surface area contributed by atoms with Crippen LogP contribution < -0.4 is 10.6 Å². The maximum atomic E-state index is 12.8. The molecule has 2 aromatic rings. The first kappa shape index (κ1) is 15.6. The van der Waals surface area contributed by atoms with Crippen molar-refractivity contribution in [3.05, 3.63) is 40.0 Å². The first-order chi connectivity index (χ1) is 9.81. The van der Waals surface area contributed by atoms with Crippen LogP contribution in [-0.2, 0) is 6.18 Å². The molecule has 1 heterocycles. The molecule has 1 aromatic heterocycles. The lowest BCUT2D eigenvalue weighted by molar-refractivity contribution is -0.141. The molecule has 0 bridgehead atoms. The third-order valence-electron chi connectivity index (χ3n) is 2.69. The zero-order valence-electron chi connectivity index (χ0n) is 11.2. The molecule has 0 amide bonds. The molecule has 0 saturated heterocycles. The highest BCUT2D eigenvalue weighted by molar-refractivity contribution is 9.10. The summed E-state index contributed by atoms with van der Waals surface area (Å²) in [5.74, 6) is -0.0379. The zero-order chi connectivity index (χ0) is 15.6. The molecule has 0 aliphatic heterocycles. The molecular formula is C13H12BrF3N4. The summed E-state index contributed by atoms with van der Waals surface area (Å²) in [5, 5.41) is 5.38. The minimum absolute atomic E-state index is 0.0629. The van der Waals surface area contributed by atoms with Crippen molar-refractivity contribution >= 4 is 33.4 Å². The Morgan fingerprint density at radius 1 is 1.19 bits per heavy atom. The Kier molecular flexibility index (Phi) is 4.36. The van der Waals surface area contributed by atoms with Crippen molar-refractivity contribution in [2.24, 2.45) is 0 Å². The van der Waals surface area contributed by atoms with Crippen LogP contribution in [0.3, 0.4) is 0 Å². The molecule has 0 aliphatic carbocycles. The van der Waals surface area contributed by atoms with Crippen LogP contribution in [-0.4, -0.2) is 17.0 Å². The summed E-state index contributed by atoms with van der Waals surface area (Å²) in [7, 11) is 1.46. The van der Waals surface area contributed by atoms with Crippen molar-refractivity contribution in [1.82, 2.24) is 9.97 Å². The van der Waals surface area contributed by atoms with Gasteiger partial charge in [0.25, 0.3) is 0 Å². The quantitative estimate of drug-likeness (QED) is 0.854. The lowest BCUT2D eigenvalue weighted by Gasteiger charge is -2.13. The standard InChI is InChI=1S/C13H12BrF3N4/c1-7-4-3-5-8(11(7)14)19-10-6-9(13(15,16)17)20-12(18-2)21-10/h3-6H,1-2H3,(H2,18,19,20,21). The van der Waals surface area contributed by atoms with Gasteiger partial charge in [0.05, 0.1) is 5.69 Å². The smallest absolute Gasteiger partial charge is 0.357 e. The largest absolute Gasteiger partial charge is 0.433 e. The Morgan fingerprint density at radius 2 is 1.90 bits per heavy atom. The van der Waals surface area contributed by atoms with Gasteiger partial charge in [-0.1, -0.05) is 12.1 Å². The van der Waals surface area contributed by atoms with Gasteiger partial charge < -0.3 is 10.6 Å². The van der Waals surface area contributed by atoms with Crippen LogP contribution in [0.2, 0.25) is 0 Å². The van der Waals surface area contributed by atoms with Crippen LogP contribution in [0.15, 0.2) is 28.7 Å². The van der Waals surface area contributed by atoms with E-state index in [4.69, 9.17) is 0 Å². The van der Waals surface area contributed by atoms with Gasteiger partial charge in [0.1, 0.15) is 5.82 Å². The number of benzene rings is 1. The van der Waals surface area contributed by atoms with Gasteiger partial charge in [-0.3, -0.25) is 0 Å². The van der Waals surface area contributed by atoms with Gasteiger partial charge >= 0.3 is 6.18 Å². The first-order valence-corrected chi connectivity index (χ1v) is 6.76. The van der Waals surface area contributed by atoms with E-state index in [2.05, 4.69) is 36.5 Å². The molecule has 0 unspecified atom stereocenters. The number of halogens is 4. The molecule has 2 rings (SSSR count). The van der Waals surface area contributed by atoms with Gasteiger partial charge in [0.2, 0.25) is 5.95 Å². The van der Waals surface area contributed by atoms with Gasteiger partial charge in [0.15, 0.2) is 5.69 Å². The van der Waals surface area contributed by atoms with Crippen molar-refractivity contribution in [2.45, 2.75) is 13.1 Å². The van der Waals surface area contributed by atoms with E-state index in [1.54, 1.807) is 12.1 Å². The Balaban J connectivity index is 2.42. The fourth-order valence-corrected chi connectivity index (χ4v) is 2.01. The molecule has 0 radical (unpaired) electrons. The van der Waals surface area contributed by atoms with E-state index in [-0.39, 0.29) is 11.8 Å². The van der Waals surface area contributed by atoms with Crippen LogP contribution >= 0.6 is 15.9 Å². The molecule has 0 spiro atoms. The maximum absolute atomic E-state index is 12.8. The van der Waals surface area contributed by atoms with E-state index >= 15 is 0 Å². The maximum Gasteiger partial charge on any atom is 0.433 e. The summed E-state index contributed by atoms with van der Waals surface area (Å²) in [4.78, 5) is 7.38. The highest BCUT2D eigenvalue weighted by Gasteiger charge is 2.33. The van der Waals surface area contributed by atoms with Gasteiger partial charge in [-0.15, -0.1) is 0 Å². The normalized spacial score (nSPS) is 11.3. The summed E-state index contributed by atoms with van der Waals surface area (Å²) >= 11 is 3.39. The lowest BCUT2D eigenvalue weighted by Crippen LogP contribution is -2.12. The number of rotatable bonds is 3. The van der Waals surface area contributed by atoms with Crippen molar-refractivity contribution < 1.29 is 13.2 Å². The number of alkyl halides is 3. The van der Waals surface area contributed by atoms with E-state index in [1.807, 2.05) is 13.0 Å². The highest BCUT2D eigenvalue weighted by Crippen LogP contribution is 2.32. The van der Waals surface area contributed by atoms with Crippen molar-refractivity contribution in [3.8, 4) is 0 Å². The summed E-state index contributed by atoms with van der Waals surface area (Å²) < 4.78 is 39.2. The molecule has 21 heavy (non-hydrogen) atoms. The second-order valence-corrected chi connectivity index (χ2v) is 5.06. The number of aryl methyl sites for hydroxylation is 1. The SMILES string of the molecule is CNc1nc(Nc2cccc(C)c2Br)cc(C(F)(F)F)n1. The summed E-state index contributed by atoms with van der Waals surface area (Å²) in [6.45, 7) is 1.88. The van der Waals surface area contributed by atoms with Gasteiger partial charge in [-0.25, -0.2) is 4.98 Å². The molecule has 2 N–H and O–H groups in total. The Morgan fingerprint density at radius 3 is 2.52 bits per heavy atom. The average Bonchev–Trinajstić information content (AvgIpc) is 2.42. The van der Waals surface area contributed by atoms with Crippen LogP contribution in [0, 0.1) is 6.92 Å². The number of hydrogen-bond donors (Lipinski definition) is 2. The van der Waals surface area contributed by atoms with E-state index in [0.717, 1.165) is 16.1 Å². The Hall–Kier alpha value is -1.83. The van der Waals surface area contributed by atoms with Gasteiger partial charge in [-0.2, -0.15) is 18.2 Å². The number of anilines is 3. The fourth-order valence-electron chi connectivity index (χ4n) is 1.65. The van der Waals surface area contributed by atoms with Gasteiger partial charge in [-0.05, 0) is 34.5 Å². The van der Waals surface area contributed by atoms with Crippen molar-refractivity contribution in [2.75, 3.05) is 17.7 Å². The van der Waals surface area contributed by atoms with E-state index < -0.39 is 11.9 Å². The predicted molar refractivity (Wildman–Crippen MR) is 78.7 cm³/mol. The molecule has 4 nitrogen and oxygen atoms in total. The van der Waals surface area contributed by atoms with Crippen LogP contribution in [0.4, 0.5) is 30.6 Å². The highest BCUT2D eigenvalue weighted by atomic mass is 79.9. The van der Waals surface area contributed by atoms with Crippen LogP contribution in [0.25, 0.3) is 0 Å². The van der Waals surface area contributed by atoms with E-state index in [9.17, 15) is 13.2 Å². The summed E-state index contributed by atoms with van der Waals surface area (Å²) in [5.41, 5.74) is 0.580. The number of nitrogens with zero attached hydrogens (tertiary/aromatic N) is 2. The van der Waals surface area contributed by atoms with Crippen molar-refractivity contribution in [1.29, 1.82) is 0 Å². The topological polar surface area (TPSA) is 49.8 Å². The average molecular weight is 361 g/mol. The van der Waals surface area contributed by atoms with E-state index in [0.29, 0.717) is 5.69 Å². The molecular weight excluding hydrogens is 349 g/mol. The number of aromatic nitrogens is 2. The molecule has 112 valence electrons. The molecule has 0 atom stereocenters. The third kappa shape index (κ3) is 3.63. The van der Waals surface area contributed by atoms with Crippen molar-refractivity contribution in [3.63, 3.8) is 0 Å². The third-order valence-corrected chi connectivity index (χ3v) is 3.75. The lowest BCUT2D eigenvalue weighted by atomic mass is 10.2. The molecule has 1 aromatic carbocycles. The Labute approximate surface area is 127 Å². The number of hydrogen-bond acceptors (Lipinski definition) is 4. The summed E-state index contributed by atoms with van der Waals surface area (Å²) in [6.07, 6.45) is -4.53. The second-order valence-electron chi connectivity index (χ2n) is 4.27. The minimum Gasteiger partial charge on any atom is -0.357 e. The second kappa shape index (κ2) is 5.88. The van der Waals surface area contributed by atoms with E-state index in [1.165, 1.54) is 7.05 Å². The predicted octanol–water partition coefficient (Wildman–Crippen LogP) is 4.35. The molecule has 0 fully saturated rings. The minimum atomic E-state index is -4.53. The summed E-state index contributed by atoms with van der Waals surface area (Å²) in [6, 6.07) is 6.30. The van der Waals surface area contributed by atoms with Crippen LogP contribution in [0.5, 0.6) is 0 Å². The number of nitrogens with one attached hydrogen (secondary N) is 2. The molecule has 0 aliphatic rings. The van der Waals surface area contributed by atoms with Gasteiger partial charge in [0, 0.05) is 17.6 Å².